The van der Waals surface area contributed by atoms with Crippen molar-refractivity contribution in [2.75, 3.05) is 33.4 Å². The number of halogens is 1. The molecule has 1 heterocycles. The lowest BCUT2D eigenvalue weighted by atomic mass is 10.3. The highest BCUT2D eigenvalue weighted by Crippen LogP contribution is 2.51. The zero-order valence-electron chi connectivity index (χ0n) is 15.6. The Kier molecular flexibility index (Phi) is 9.50. The van der Waals surface area contributed by atoms with E-state index in [0.29, 0.717) is 6.61 Å². The average molecular weight is 501 g/mol. The van der Waals surface area contributed by atoms with Crippen molar-refractivity contribution in [3.05, 3.63) is 54.5 Å². The van der Waals surface area contributed by atoms with Crippen molar-refractivity contribution in [3.8, 4) is 0 Å². The van der Waals surface area contributed by atoms with E-state index in [2.05, 4.69) is 41.0 Å². The summed E-state index contributed by atoms with van der Waals surface area (Å²) in [6.07, 6.45) is 4.97. The second kappa shape index (κ2) is 11.6. The first-order valence-corrected chi connectivity index (χ1v) is 9.89. The first-order chi connectivity index (χ1) is 12.8. The molecule has 0 atom stereocenters. The molecule has 0 radical (unpaired) electrons. The summed E-state index contributed by atoms with van der Waals surface area (Å²) in [7, 11) is 1.71. The Labute approximate surface area is 182 Å². The smallest absolute Gasteiger partial charge is 0.191 e. The predicted molar refractivity (Wildman–Crippen MR) is 122 cm³/mol. The van der Waals surface area contributed by atoms with E-state index in [1.807, 2.05) is 23.9 Å². The number of benzene rings is 1. The largest absolute Gasteiger partial charge is 0.469 e. The maximum atomic E-state index is 5.38. The average Bonchev–Trinajstić information content (AvgIpc) is 3.22. The van der Waals surface area contributed by atoms with Crippen LogP contribution in [0.2, 0.25) is 0 Å². The van der Waals surface area contributed by atoms with Crippen LogP contribution in [-0.2, 0) is 11.2 Å². The number of nitrogens with zero attached hydrogens (tertiary/aromatic N) is 1. The van der Waals surface area contributed by atoms with E-state index in [-0.39, 0.29) is 28.7 Å². The summed E-state index contributed by atoms with van der Waals surface area (Å²) >= 11 is 1.95. The maximum Gasteiger partial charge on any atom is 0.191 e. The Balaban J connectivity index is 0.00000261. The molecule has 1 aromatic heterocycles. The molecule has 1 fully saturated rings. The molecule has 5 nitrogen and oxygen atoms in total. The molecule has 0 aliphatic heterocycles. The first-order valence-electron chi connectivity index (χ1n) is 9.07. The van der Waals surface area contributed by atoms with E-state index in [0.717, 1.165) is 37.8 Å². The van der Waals surface area contributed by atoms with Crippen LogP contribution >= 0.6 is 35.7 Å². The lowest BCUT2D eigenvalue weighted by molar-refractivity contribution is 0.203. The molecule has 1 aromatic carbocycles. The highest BCUT2D eigenvalue weighted by molar-refractivity contribution is 14.0. The van der Waals surface area contributed by atoms with Gasteiger partial charge in [-0.1, -0.05) is 18.2 Å². The summed E-state index contributed by atoms with van der Waals surface area (Å²) < 4.78 is 10.8. The third kappa shape index (κ3) is 7.75. The number of guanidine groups is 1. The molecule has 7 heteroatoms. The Hall–Kier alpha value is -1.19. The van der Waals surface area contributed by atoms with Crippen LogP contribution in [0.5, 0.6) is 0 Å². The van der Waals surface area contributed by atoms with Gasteiger partial charge in [0.15, 0.2) is 5.96 Å². The summed E-state index contributed by atoms with van der Waals surface area (Å²) in [6, 6.07) is 14.5. The number of rotatable bonds is 10. The number of hydrogen-bond donors (Lipinski definition) is 2. The minimum atomic E-state index is 0. The van der Waals surface area contributed by atoms with Gasteiger partial charge >= 0.3 is 0 Å². The molecule has 0 saturated heterocycles. The summed E-state index contributed by atoms with van der Waals surface area (Å²) in [4.78, 5) is 6.15. The van der Waals surface area contributed by atoms with E-state index in [1.54, 1.807) is 13.4 Å². The molecule has 2 aromatic rings. The van der Waals surface area contributed by atoms with Crippen molar-refractivity contribution < 1.29 is 9.15 Å². The Morgan fingerprint density at radius 3 is 2.59 bits per heavy atom. The summed E-state index contributed by atoms with van der Waals surface area (Å²) in [5, 5.41) is 6.73. The van der Waals surface area contributed by atoms with Gasteiger partial charge < -0.3 is 19.8 Å². The van der Waals surface area contributed by atoms with Gasteiger partial charge in [0.2, 0.25) is 0 Å². The summed E-state index contributed by atoms with van der Waals surface area (Å²) in [5.74, 6) is 1.82. The quantitative estimate of drug-likeness (QED) is 0.224. The van der Waals surface area contributed by atoms with Crippen molar-refractivity contribution in [2.45, 2.75) is 28.9 Å². The van der Waals surface area contributed by atoms with E-state index in [4.69, 9.17) is 14.1 Å². The maximum absolute atomic E-state index is 5.38. The van der Waals surface area contributed by atoms with Crippen molar-refractivity contribution in [1.82, 2.24) is 10.6 Å². The third-order valence-electron chi connectivity index (χ3n) is 4.25. The third-order valence-corrected chi connectivity index (χ3v) is 5.73. The first kappa shape index (κ1) is 22.1. The molecule has 3 rings (SSSR count). The molecule has 0 unspecified atom stereocenters. The number of furan rings is 1. The fourth-order valence-corrected chi connectivity index (χ4v) is 3.83. The van der Waals surface area contributed by atoms with Crippen molar-refractivity contribution in [1.29, 1.82) is 0 Å². The standard InChI is InChI=1S/C20H27N3O2S.HI/c1-24-15-13-22-19(21-12-9-17-6-5-14-25-17)23-16-20(10-11-20)26-18-7-3-2-4-8-18;/h2-8,14H,9-13,15-16H2,1H3,(H2,21,22,23);1H. The zero-order chi connectivity index (χ0) is 18.1. The minimum absolute atomic E-state index is 0. The molecule has 148 valence electrons. The zero-order valence-corrected chi connectivity index (χ0v) is 18.8. The molecule has 0 spiro atoms. The van der Waals surface area contributed by atoms with Crippen LogP contribution in [0.15, 0.2) is 63.0 Å². The van der Waals surface area contributed by atoms with Crippen LogP contribution in [0.25, 0.3) is 0 Å². The second-order valence-electron chi connectivity index (χ2n) is 6.44. The number of hydrogen-bond acceptors (Lipinski definition) is 4. The molecule has 1 saturated carbocycles. The van der Waals surface area contributed by atoms with Gasteiger partial charge in [-0.05, 0) is 37.1 Å². The fraction of sp³-hybridized carbons (Fsp3) is 0.450. The summed E-state index contributed by atoms with van der Waals surface area (Å²) in [5.41, 5.74) is 0. The predicted octanol–water partition coefficient (Wildman–Crippen LogP) is 3.95. The molecule has 0 amide bonds. The monoisotopic (exact) mass is 501 g/mol. The normalized spacial score (nSPS) is 15.1. The number of thioether (sulfide) groups is 1. The lowest BCUT2D eigenvalue weighted by Crippen LogP contribution is -2.40. The molecular weight excluding hydrogens is 473 g/mol. The van der Waals surface area contributed by atoms with Crippen LogP contribution in [-0.4, -0.2) is 44.1 Å². The van der Waals surface area contributed by atoms with E-state index < -0.39 is 0 Å². The van der Waals surface area contributed by atoms with Gasteiger partial charge in [-0.15, -0.1) is 35.7 Å². The molecular formula is C20H28IN3O2S. The van der Waals surface area contributed by atoms with Crippen molar-refractivity contribution in [2.24, 2.45) is 4.99 Å². The van der Waals surface area contributed by atoms with Gasteiger partial charge in [0.1, 0.15) is 5.76 Å². The summed E-state index contributed by atoms with van der Waals surface area (Å²) in [6.45, 7) is 2.99. The molecule has 1 aliphatic carbocycles. The highest BCUT2D eigenvalue weighted by atomic mass is 127. The SMILES string of the molecule is COCCNC(=NCC1(Sc2ccccc2)CC1)NCCc1ccco1.I. The van der Waals surface area contributed by atoms with Crippen LogP contribution in [0, 0.1) is 0 Å². The number of nitrogens with one attached hydrogen (secondary N) is 2. The van der Waals surface area contributed by atoms with Gasteiger partial charge in [-0.3, -0.25) is 4.99 Å². The highest BCUT2D eigenvalue weighted by Gasteiger charge is 2.43. The number of aliphatic imine (C=N–C) groups is 1. The van der Waals surface area contributed by atoms with Gasteiger partial charge in [0.25, 0.3) is 0 Å². The van der Waals surface area contributed by atoms with Crippen LogP contribution in [0.3, 0.4) is 0 Å². The number of methoxy groups -OCH3 is 1. The molecule has 2 N–H and O–H groups in total. The van der Waals surface area contributed by atoms with Gasteiger partial charge in [0.05, 0.1) is 19.4 Å². The van der Waals surface area contributed by atoms with Gasteiger partial charge in [0, 0.05) is 36.3 Å². The Morgan fingerprint density at radius 2 is 1.93 bits per heavy atom. The minimum Gasteiger partial charge on any atom is -0.469 e. The van der Waals surface area contributed by atoms with E-state index >= 15 is 0 Å². The fourth-order valence-electron chi connectivity index (χ4n) is 2.60. The second-order valence-corrected chi connectivity index (χ2v) is 7.98. The van der Waals surface area contributed by atoms with Crippen molar-refractivity contribution >= 4 is 41.7 Å². The topological polar surface area (TPSA) is 58.8 Å². The van der Waals surface area contributed by atoms with Crippen LogP contribution < -0.4 is 10.6 Å². The molecule has 27 heavy (non-hydrogen) atoms. The van der Waals surface area contributed by atoms with Crippen molar-refractivity contribution in [3.63, 3.8) is 0 Å². The van der Waals surface area contributed by atoms with Gasteiger partial charge in [-0.25, -0.2) is 0 Å². The van der Waals surface area contributed by atoms with Gasteiger partial charge in [-0.2, -0.15) is 0 Å². The lowest BCUT2D eigenvalue weighted by Gasteiger charge is -2.15. The molecule has 0 bridgehead atoms. The van der Waals surface area contributed by atoms with E-state index in [9.17, 15) is 0 Å². The Morgan fingerprint density at radius 1 is 1.15 bits per heavy atom. The molecule has 1 aliphatic rings. The van der Waals surface area contributed by atoms with Crippen LogP contribution in [0.1, 0.15) is 18.6 Å². The van der Waals surface area contributed by atoms with Crippen LogP contribution in [0.4, 0.5) is 0 Å². The van der Waals surface area contributed by atoms with E-state index in [1.165, 1.54) is 17.7 Å². The Bertz CT molecular complexity index is 676. The number of ether oxygens (including phenoxy) is 1.